The molecule has 6 unspecified atom stereocenters. The summed E-state index contributed by atoms with van der Waals surface area (Å²) < 4.78 is 13.2. The maximum absolute atomic E-state index is 13.4. The number of thioether (sulfide) groups is 1. The third-order valence-corrected chi connectivity index (χ3v) is 8.13. The number of hydrogen-bond donors (Lipinski definition) is 5. The van der Waals surface area contributed by atoms with Crippen LogP contribution in [-0.4, -0.2) is 93.4 Å². The summed E-state index contributed by atoms with van der Waals surface area (Å²) in [5.74, 6) is -4.64. The molecule has 0 bridgehead atoms. The summed E-state index contributed by atoms with van der Waals surface area (Å²) in [5, 5.41) is 17.9. The molecule has 0 aliphatic carbocycles. The molecule has 6 N–H and O–H groups in total. The van der Waals surface area contributed by atoms with E-state index in [1.807, 2.05) is 0 Å². The molecule has 2 heterocycles. The average Bonchev–Trinajstić information content (AvgIpc) is 3.37. The quantitative estimate of drug-likeness (QED) is 0.140. The third-order valence-electron chi connectivity index (χ3n) is 6.62. The van der Waals surface area contributed by atoms with E-state index in [1.165, 1.54) is 6.92 Å². The highest BCUT2D eigenvalue weighted by molar-refractivity contribution is 8.00. The van der Waals surface area contributed by atoms with Crippen molar-refractivity contribution >= 4 is 47.3 Å². The molecule has 0 radical (unpaired) electrons. The second-order valence-corrected chi connectivity index (χ2v) is 11.0. The first-order valence-electron chi connectivity index (χ1n) is 12.3. The minimum atomic E-state index is -1.76. The van der Waals surface area contributed by atoms with E-state index in [9.17, 15) is 38.3 Å². The largest absolute Gasteiger partial charge is 0.481 e. The number of carbonyl (C=O) groups excluding carboxylic acids is 5. The second kappa shape index (κ2) is 13.6. The van der Waals surface area contributed by atoms with Crippen LogP contribution in [0, 0.1) is 5.92 Å². The van der Waals surface area contributed by atoms with Crippen molar-refractivity contribution < 1.29 is 38.3 Å². The van der Waals surface area contributed by atoms with Crippen LogP contribution < -0.4 is 21.7 Å². The molecule has 2 rings (SSSR count). The van der Waals surface area contributed by atoms with Gasteiger partial charge in [0.15, 0.2) is 5.78 Å². The average molecular weight is 546 g/mol. The Morgan fingerprint density at radius 2 is 1.86 bits per heavy atom. The standard InChI is InChI=1S/C23H36FN5O7S/c1-11(2)19(22(35)29(12(3)21(25)34)14(8-18(32)33)15(30)9-24)27-17(31)7-5-4-6-16-20-13(10-37-16)26-23(36)28-20/h11-14,16,19-20H,4-10H2,1-3H3,(H2,25,34)(H,27,31)(H,32,33)(H2,26,28,36). The molecule has 208 valence electrons. The summed E-state index contributed by atoms with van der Waals surface area (Å²) in [6, 6.07) is -4.34. The fourth-order valence-electron chi connectivity index (χ4n) is 4.57. The first-order chi connectivity index (χ1) is 17.4. The summed E-state index contributed by atoms with van der Waals surface area (Å²) in [6.07, 6.45) is 1.26. The van der Waals surface area contributed by atoms with Crippen LogP contribution in [0.5, 0.6) is 0 Å². The number of amides is 5. The Kier molecular flexibility index (Phi) is 11.1. The summed E-state index contributed by atoms with van der Waals surface area (Å²) in [6.45, 7) is 2.95. The number of carboxylic acids is 1. The number of carboxylic acid groups (broad SMARTS) is 1. The van der Waals surface area contributed by atoms with Gasteiger partial charge in [-0.3, -0.25) is 24.0 Å². The molecule has 0 aromatic rings. The topological polar surface area (TPSA) is 188 Å². The van der Waals surface area contributed by atoms with Gasteiger partial charge in [-0.15, -0.1) is 0 Å². The third kappa shape index (κ3) is 8.04. The van der Waals surface area contributed by atoms with Crippen molar-refractivity contribution in [2.75, 3.05) is 12.4 Å². The van der Waals surface area contributed by atoms with Gasteiger partial charge in [0.05, 0.1) is 18.5 Å². The van der Waals surface area contributed by atoms with Crippen LogP contribution in [0.4, 0.5) is 9.18 Å². The number of fused-ring (bicyclic) bond motifs is 1. The van der Waals surface area contributed by atoms with Gasteiger partial charge in [0, 0.05) is 17.4 Å². The molecule has 2 aliphatic rings. The van der Waals surface area contributed by atoms with E-state index in [1.54, 1.807) is 25.6 Å². The van der Waals surface area contributed by atoms with Crippen molar-refractivity contribution in [3.63, 3.8) is 0 Å². The van der Waals surface area contributed by atoms with Crippen molar-refractivity contribution in [1.82, 2.24) is 20.9 Å². The number of halogens is 1. The smallest absolute Gasteiger partial charge is 0.315 e. The molecule has 37 heavy (non-hydrogen) atoms. The highest BCUT2D eigenvalue weighted by Gasteiger charge is 2.43. The lowest BCUT2D eigenvalue weighted by molar-refractivity contribution is -0.153. The molecule has 0 aromatic heterocycles. The van der Waals surface area contributed by atoms with Gasteiger partial charge in [0.1, 0.15) is 24.8 Å². The number of nitrogens with two attached hydrogens (primary N) is 1. The lowest BCUT2D eigenvalue weighted by Gasteiger charge is -2.37. The first kappa shape index (κ1) is 30.3. The number of primary amides is 1. The number of ketones is 1. The van der Waals surface area contributed by atoms with Crippen molar-refractivity contribution in [3.8, 4) is 0 Å². The van der Waals surface area contributed by atoms with Gasteiger partial charge in [-0.1, -0.05) is 20.3 Å². The zero-order chi connectivity index (χ0) is 27.9. The number of hydrogen-bond acceptors (Lipinski definition) is 7. The molecule has 14 heteroatoms. The lowest BCUT2D eigenvalue weighted by Crippen LogP contribution is -2.61. The maximum atomic E-state index is 13.4. The fourth-order valence-corrected chi connectivity index (χ4v) is 6.11. The number of nitrogens with zero attached hydrogens (tertiary/aromatic N) is 1. The van der Waals surface area contributed by atoms with E-state index in [-0.39, 0.29) is 29.8 Å². The van der Waals surface area contributed by atoms with Crippen molar-refractivity contribution in [1.29, 1.82) is 0 Å². The molecule has 6 atom stereocenters. The van der Waals surface area contributed by atoms with Crippen molar-refractivity contribution in [2.24, 2.45) is 11.7 Å². The number of nitrogens with one attached hydrogen (secondary N) is 3. The Morgan fingerprint density at radius 3 is 2.43 bits per heavy atom. The van der Waals surface area contributed by atoms with E-state index in [4.69, 9.17) is 5.73 Å². The van der Waals surface area contributed by atoms with E-state index in [0.29, 0.717) is 11.3 Å². The van der Waals surface area contributed by atoms with Gasteiger partial charge in [-0.25, -0.2) is 9.18 Å². The number of unbranched alkanes of at least 4 members (excludes halogenated alkanes) is 1. The molecule has 0 aromatic carbocycles. The van der Waals surface area contributed by atoms with E-state index in [2.05, 4.69) is 16.0 Å². The number of Topliss-reactive ketones (excluding diaryl/α,β-unsaturated/α-hetero) is 1. The maximum Gasteiger partial charge on any atom is 0.315 e. The predicted octanol–water partition coefficient (Wildman–Crippen LogP) is -0.0627. The van der Waals surface area contributed by atoms with Gasteiger partial charge < -0.3 is 31.7 Å². The number of rotatable bonds is 15. The Balaban J connectivity index is 2.02. The van der Waals surface area contributed by atoms with E-state index in [0.717, 1.165) is 18.6 Å². The molecule has 12 nitrogen and oxygen atoms in total. The Bertz CT molecular complexity index is 905. The molecule has 0 saturated carbocycles. The van der Waals surface area contributed by atoms with E-state index >= 15 is 0 Å². The van der Waals surface area contributed by atoms with Crippen LogP contribution in [0.25, 0.3) is 0 Å². The molecular weight excluding hydrogens is 509 g/mol. The van der Waals surface area contributed by atoms with Crippen LogP contribution in [0.3, 0.4) is 0 Å². The number of urea groups is 1. The summed E-state index contributed by atoms with van der Waals surface area (Å²) >= 11 is 1.77. The Hall–Kier alpha value is -2.90. The van der Waals surface area contributed by atoms with Gasteiger partial charge in [-0.05, 0) is 25.7 Å². The minimum absolute atomic E-state index is 0.0678. The van der Waals surface area contributed by atoms with Crippen LogP contribution in [0.1, 0.15) is 52.9 Å². The number of alkyl halides is 1. The highest BCUT2D eigenvalue weighted by atomic mass is 32.2. The van der Waals surface area contributed by atoms with Gasteiger partial charge in [0.25, 0.3) is 0 Å². The van der Waals surface area contributed by atoms with Gasteiger partial charge in [0.2, 0.25) is 17.7 Å². The van der Waals surface area contributed by atoms with Crippen LogP contribution in [-0.2, 0) is 24.0 Å². The second-order valence-electron chi connectivity index (χ2n) is 9.69. The molecule has 0 spiro atoms. The highest BCUT2D eigenvalue weighted by Crippen LogP contribution is 2.33. The normalized spacial score (nSPS) is 22.8. The fraction of sp³-hybridized carbons (Fsp3) is 0.739. The predicted molar refractivity (Wildman–Crippen MR) is 133 cm³/mol. The van der Waals surface area contributed by atoms with E-state index < -0.39 is 66.6 Å². The molecular formula is C23H36FN5O7S. The lowest BCUT2D eigenvalue weighted by atomic mass is 9.97. The first-order valence-corrected chi connectivity index (χ1v) is 13.3. The zero-order valence-electron chi connectivity index (χ0n) is 21.2. The summed E-state index contributed by atoms with van der Waals surface area (Å²) in [4.78, 5) is 73.7. The molecule has 5 amide bonds. The molecule has 2 fully saturated rings. The molecule has 2 saturated heterocycles. The van der Waals surface area contributed by atoms with Gasteiger partial charge >= 0.3 is 12.0 Å². The van der Waals surface area contributed by atoms with Crippen LogP contribution in [0.2, 0.25) is 0 Å². The zero-order valence-corrected chi connectivity index (χ0v) is 22.0. The SMILES string of the molecule is CC(C)C(NC(=O)CCCCC1SCC2NC(=O)NC21)C(=O)N(C(C)C(N)=O)C(CC(=O)O)C(=O)CF. The summed E-state index contributed by atoms with van der Waals surface area (Å²) in [7, 11) is 0. The van der Waals surface area contributed by atoms with Crippen LogP contribution in [0.15, 0.2) is 0 Å². The Morgan fingerprint density at radius 1 is 1.19 bits per heavy atom. The Labute approximate surface area is 219 Å². The van der Waals surface area contributed by atoms with Gasteiger partial charge in [-0.2, -0.15) is 11.8 Å². The number of aliphatic carboxylic acids is 1. The van der Waals surface area contributed by atoms with Crippen molar-refractivity contribution in [2.45, 2.75) is 88.3 Å². The minimum Gasteiger partial charge on any atom is -0.481 e. The van der Waals surface area contributed by atoms with Crippen LogP contribution >= 0.6 is 11.8 Å². The number of carbonyl (C=O) groups is 6. The monoisotopic (exact) mass is 545 g/mol. The summed E-state index contributed by atoms with van der Waals surface area (Å²) in [5.41, 5.74) is 5.33. The van der Waals surface area contributed by atoms with Crippen molar-refractivity contribution in [3.05, 3.63) is 0 Å². The molecule has 2 aliphatic heterocycles.